The van der Waals surface area contributed by atoms with Crippen molar-refractivity contribution in [2.75, 3.05) is 13.1 Å². The normalized spacial score (nSPS) is 34.3. The Hall–Kier alpha value is -1.58. The summed E-state index contributed by atoms with van der Waals surface area (Å²) >= 11 is 0. The van der Waals surface area contributed by atoms with E-state index in [1.165, 1.54) is 0 Å². The van der Waals surface area contributed by atoms with Crippen molar-refractivity contribution in [2.24, 2.45) is 5.92 Å². The first-order valence-electron chi connectivity index (χ1n) is 6.67. The van der Waals surface area contributed by atoms with Crippen LogP contribution in [0.15, 0.2) is 24.3 Å². The maximum atomic E-state index is 12.6. The van der Waals surface area contributed by atoms with E-state index in [-0.39, 0.29) is 17.7 Å². The van der Waals surface area contributed by atoms with Crippen LogP contribution in [0.2, 0.25) is 0 Å². The third-order valence-electron chi connectivity index (χ3n) is 4.30. The molecule has 18 heavy (non-hydrogen) atoms. The van der Waals surface area contributed by atoms with Crippen molar-refractivity contribution >= 4 is 11.8 Å². The zero-order valence-corrected chi connectivity index (χ0v) is 10.4. The maximum Gasteiger partial charge on any atom is 0.246 e. The highest BCUT2D eigenvalue weighted by molar-refractivity contribution is 5.94. The molecule has 3 rings (SSSR count). The van der Waals surface area contributed by atoms with Crippen molar-refractivity contribution in [3.8, 4) is 0 Å². The minimum absolute atomic E-state index is 0.0451. The van der Waals surface area contributed by atoms with Crippen LogP contribution in [0.1, 0.15) is 25.7 Å². The summed E-state index contributed by atoms with van der Waals surface area (Å²) in [7, 11) is 0. The van der Waals surface area contributed by atoms with Crippen LogP contribution in [0.5, 0.6) is 0 Å². The summed E-state index contributed by atoms with van der Waals surface area (Å²) in [6.07, 6.45) is 11.1. The molecule has 0 aromatic rings. The zero-order chi connectivity index (χ0) is 12.6. The highest BCUT2D eigenvalue weighted by atomic mass is 16.2. The minimum atomic E-state index is -0.536. The lowest BCUT2D eigenvalue weighted by Crippen LogP contribution is -2.53. The molecule has 4 heteroatoms. The van der Waals surface area contributed by atoms with Gasteiger partial charge in [-0.05, 0) is 25.7 Å². The predicted molar refractivity (Wildman–Crippen MR) is 67.7 cm³/mol. The second-order valence-electron chi connectivity index (χ2n) is 5.29. The van der Waals surface area contributed by atoms with Crippen molar-refractivity contribution in [1.29, 1.82) is 0 Å². The minimum Gasteiger partial charge on any atom is -0.354 e. The predicted octanol–water partition coefficient (Wildman–Crippen LogP) is 1.000. The van der Waals surface area contributed by atoms with Crippen LogP contribution >= 0.6 is 0 Å². The second kappa shape index (κ2) is 4.26. The summed E-state index contributed by atoms with van der Waals surface area (Å²) in [5.41, 5.74) is -0.536. The molecule has 1 aliphatic carbocycles. The second-order valence-corrected chi connectivity index (χ2v) is 5.29. The molecule has 0 saturated carbocycles. The van der Waals surface area contributed by atoms with Crippen LogP contribution in [0.3, 0.4) is 0 Å². The quantitative estimate of drug-likeness (QED) is 0.750. The molecule has 1 spiro atoms. The zero-order valence-electron chi connectivity index (χ0n) is 10.4. The summed E-state index contributed by atoms with van der Waals surface area (Å²) in [5.74, 6) is 0.0761. The monoisotopic (exact) mass is 246 g/mol. The molecule has 2 saturated heterocycles. The Bertz CT molecular complexity index is 437. The number of hydrogen-bond donors (Lipinski definition) is 1. The molecular formula is C14H18N2O2. The van der Waals surface area contributed by atoms with Gasteiger partial charge in [0, 0.05) is 13.1 Å². The Morgan fingerprint density at radius 3 is 2.94 bits per heavy atom. The number of amides is 2. The molecule has 2 aliphatic heterocycles. The Morgan fingerprint density at radius 1 is 1.39 bits per heavy atom. The van der Waals surface area contributed by atoms with Crippen LogP contribution in [0.25, 0.3) is 0 Å². The van der Waals surface area contributed by atoms with Crippen molar-refractivity contribution in [3.63, 3.8) is 0 Å². The number of hydrogen-bond acceptors (Lipinski definition) is 2. The smallest absolute Gasteiger partial charge is 0.246 e. The highest BCUT2D eigenvalue weighted by Crippen LogP contribution is 2.37. The van der Waals surface area contributed by atoms with E-state index in [0.717, 1.165) is 32.2 Å². The van der Waals surface area contributed by atoms with Gasteiger partial charge in [0.15, 0.2) is 0 Å². The maximum absolute atomic E-state index is 12.6. The number of carbonyl (C=O) groups is 2. The molecule has 0 radical (unpaired) electrons. The van der Waals surface area contributed by atoms with Gasteiger partial charge in [0.1, 0.15) is 5.54 Å². The molecule has 0 aromatic heterocycles. The third kappa shape index (κ3) is 1.59. The topological polar surface area (TPSA) is 49.4 Å². The lowest BCUT2D eigenvalue weighted by Gasteiger charge is -2.34. The molecule has 1 N–H and O–H groups in total. The third-order valence-corrected chi connectivity index (χ3v) is 4.30. The van der Waals surface area contributed by atoms with E-state index in [2.05, 4.69) is 5.32 Å². The molecular weight excluding hydrogens is 228 g/mol. The molecule has 0 aromatic carbocycles. The Balaban J connectivity index is 1.83. The van der Waals surface area contributed by atoms with Gasteiger partial charge in [0.25, 0.3) is 0 Å². The lowest BCUT2D eigenvalue weighted by atomic mass is 9.91. The number of nitrogens with zero attached hydrogens (tertiary/aromatic N) is 1. The lowest BCUT2D eigenvalue weighted by molar-refractivity contribution is -0.144. The first kappa shape index (κ1) is 11.5. The molecule has 96 valence electrons. The van der Waals surface area contributed by atoms with Gasteiger partial charge in [0.05, 0.1) is 5.92 Å². The number of nitrogens with one attached hydrogen (secondary N) is 1. The molecule has 3 aliphatic rings. The standard InChI is InChI=1S/C14H18N2O2/c17-12(11-5-2-1-3-6-11)16-10-4-7-14(16)8-9-15-13(14)18/h1-3,5,11H,4,6-10H2,(H,15,18). The Morgan fingerprint density at radius 2 is 2.28 bits per heavy atom. The van der Waals surface area contributed by atoms with Gasteiger partial charge in [0.2, 0.25) is 11.8 Å². The van der Waals surface area contributed by atoms with Crippen molar-refractivity contribution < 1.29 is 9.59 Å². The SMILES string of the molecule is O=C(C1C=CC=CC1)N1CCCC12CCNC2=O. The highest BCUT2D eigenvalue weighted by Gasteiger charge is 2.52. The number of rotatable bonds is 1. The van der Waals surface area contributed by atoms with E-state index in [0.29, 0.717) is 6.54 Å². The Labute approximate surface area is 107 Å². The molecule has 4 nitrogen and oxygen atoms in total. The largest absolute Gasteiger partial charge is 0.354 e. The van der Waals surface area contributed by atoms with E-state index < -0.39 is 5.54 Å². The van der Waals surface area contributed by atoms with Crippen LogP contribution in [-0.2, 0) is 9.59 Å². The van der Waals surface area contributed by atoms with E-state index in [9.17, 15) is 9.59 Å². The van der Waals surface area contributed by atoms with Gasteiger partial charge in [-0.3, -0.25) is 9.59 Å². The van der Waals surface area contributed by atoms with Gasteiger partial charge in [-0.15, -0.1) is 0 Å². The fourth-order valence-corrected chi connectivity index (χ4v) is 3.32. The first-order chi connectivity index (χ1) is 8.74. The summed E-state index contributed by atoms with van der Waals surface area (Å²) < 4.78 is 0. The van der Waals surface area contributed by atoms with Gasteiger partial charge in [-0.1, -0.05) is 24.3 Å². The summed E-state index contributed by atoms with van der Waals surface area (Å²) in [4.78, 5) is 26.5. The summed E-state index contributed by atoms with van der Waals surface area (Å²) in [5, 5.41) is 2.88. The molecule has 0 bridgehead atoms. The van der Waals surface area contributed by atoms with Gasteiger partial charge in [-0.2, -0.15) is 0 Å². The average molecular weight is 246 g/mol. The molecule has 2 unspecified atom stereocenters. The van der Waals surface area contributed by atoms with Crippen molar-refractivity contribution in [1.82, 2.24) is 10.2 Å². The van der Waals surface area contributed by atoms with Gasteiger partial charge >= 0.3 is 0 Å². The van der Waals surface area contributed by atoms with Gasteiger partial charge < -0.3 is 10.2 Å². The van der Waals surface area contributed by atoms with Crippen molar-refractivity contribution in [3.05, 3.63) is 24.3 Å². The van der Waals surface area contributed by atoms with E-state index >= 15 is 0 Å². The van der Waals surface area contributed by atoms with Gasteiger partial charge in [-0.25, -0.2) is 0 Å². The summed E-state index contributed by atoms with van der Waals surface area (Å²) in [6.45, 7) is 1.42. The van der Waals surface area contributed by atoms with Crippen LogP contribution in [-0.4, -0.2) is 35.3 Å². The van der Waals surface area contributed by atoms with Crippen molar-refractivity contribution in [2.45, 2.75) is 31.2 Å². The van der Waals surface area contributed by atoms with E-state index in [1.54, 1.807) is 0 Å². The number of allylic oxidation sites excluding steroid dienone is 3. The van der Waals surface area contributed by atoms with Crippen LogP contribution in [0.4, 0.5) is 0 Å². The van der Waals surface area contributed by atoms with Crippen LogP contribution < -0.4 is 5.32 Å². The molecule has 2 fully saturated rings. The molecule has 2 heterocycles. The first-order valence-corrected chi connectivity index (χ1v) is 6.67. The van der Waals surface area contributed by atoms with Crippen LogP contribution in [0, 0.1) is 5.92 Å². The molecule has 2 atom stereocenters. The molecule has 2 amide bonds. The fourth-order valence-electron chi connectivity index (χ4n) is 3.32. The van der Waals surface area contributed by atoms with E-state index in [1.807, 2.05) is 29.2 Å². The fraction of sp³-hybridized carbons (Fsp3) is 0.571. The number of carbonyl (C=O) groups excluding carboxylic acids is 2. The van der Waals surface area contributed by atoms with E-state index in [4.69, 9.17) is 0 Å². The number of likely N-dealkylation sites (tertiary alicyclic amines) is 1. The Kier molecular flexibility index (Phi) is 2.73. The summed E-state index contributed by atoms with van der Waals surface area (Å²) in [6, 6.07) is 0. The average Bonchev–Trinajstić information content (AvgIpc) is 2.99.